The molecule has 0 aliphatic heterocycles. The zero-order valence-corrected chi connectivity index (χ0v) is 16.4. The number of hydrogen-bond donors (Lipinski definition) is 0. The lowest BCUT2D eigenvalue weighted by Crippen LogP contribution is -2.24. The van der Waals surface area contributed by atoms with E-state index in [1.165, 1.54) is 19.3 Å². The van der Waals surface area contributed by atoms with E-state index >= 15 is 0 Å². The molecule has 0 saturated heterocycles. The number of hydrogen-bond acceptors (Lipinski definition) is 4. The molecule has 0 aromatic carbocycles. The Morgan fingerprint density at radius 1 is 0.917 bits per heavy atom. The topological polar surface area (TPSA) is 52.6 Å². The molecule has 0 aromatic heterocycles. The van der Waals surface area contributed by atoms with E-state index in [2.05, 4.69) is 6.92 Å². The van der Waals surface area contributed by atoms with Gasteiger partial charge in [0.15, 0.2) is 0 Å². The number of rotatable bonds is 8. The van der Waals surface area contributed by atoms with Gasteiger partial charge >= 0.3 is 11.9 Å². The second kappa shape index (κ2) is 14.3. The van der Waals surface area contributed by atoms with Crippen molar-refractivity contribution >= 4 is 11.9 Å². The van der Waals surface area contributed by atoms with Gasteiger partial charge in [0.2, 0.25) is 0 Å². The molecule has 0 heterocycles. The molecule has 0 spiro atoms. The van der Waals surface area contributed by atoms with Gasteiger partial charge in [-0.3, -0.25) is 9.59 Å². The van der Waals surface area contributed by atoms with Crippen molar-refractivity contribution in [1.29, 1.82) is 0 Å². The highest BCUT2D eigenvalue weighted by molar-refractivity contribution is 5.72. The predicted octanol–water partition coefficient (Wildman–Crippen LogP) is 5.28. The number of esters is 2. The van der Waals surface area contributed by atoms with Crippen LogP contribution in [0, 0.1) is 11.8 Å². The van der Waals surface area contributed by atoms with Crippen LogP contribution in [0.2, 0.25) is 0 Å². The number of carbonyl (C=O) groups is 2. The number of ether oxygens (including phenoxy) is 2. The van der Waals surface area contributed by atoms with E-state index < -0.39 is 0 Å². The fourth-order valence-electron chi connectivity index (χ4n) is 2.26. The Labute approximate surface area is 148 Å². The van der Waals surface area contributed by atoms with Crippen molar-refractivity contribution in [2.24, 2.45) is 11.8 Å². The smallest absolute Gasteiger partial charge is 0.308 e. The van der Waals surface area contributed by atoms with Gasteiger partial charge in [-0.25, -0.2) is 0 Å². The van der Waals surface area contributed by atoms with Crippen molar-refractivity contribution in [3.8, 4) is 0 Å². The standard InChI is InChI=1S/C11H20O2.C9H18O2/c1-3-9(2)11(12)13-10-7-5-4-6-8-10;1-4-6-7-11-9(10)8(3)5-2/h9-10H,3-8H2,1-2H3;8H,4-7H2,1-3H3. The fraction of sp³-hybridized carbons (Fsp3) is 0.900. The van der Waals surface area contributed by atoms with Crippen LogP contribution in [0.15, 0.2) is 0 Å². The van der Waals surface area contributed by atoms with Gasteiger partial charge in [-0.1, -0.05) is 47.5 Å². The first-order valence-electron chi connectivity index (χ1n) is 9.83. The largest absolute Gasteiger partial charge is 0.465 e. The van der Waals surface area contributed by atoms with Gasteiger partial charge in [-0.2, -0.15) is 0 Å². The molecule has 4 nitrogen and oxygen atoms in total. The van der Waals surface area contributed by atoms with E-state index in [-0.39, 0.29) is 29.9 Å². The molecule has 1 aliphatic rings. The average Bonchev–Trinajstić information content (AvgIpc) is 2.61. The second-order valence-corrected chi connectivity index (χ2v) is 6.84. The summed E-state index contributed by atoms with van der Waals surface area (Å²) >= 11 is 0. The third-order valence-corrected chi connectivity index (χ3v) is 4.61. The minimum Gasteiger partial charge on any atom is -0.465 e. The molecule has 1 aliphatic carbocycles. The van der Waals surface area contributed by atoms with E-state index in [0.717, 1.165) is 38.5 Å². The number of unbranched alkanes of at least 4 members (excludes halogenated alkanes) is 1. The molecule has 142 valence electrons. The first kappa shape index (κ1) is 22.9. The molecule has 1 fully saturated rings. The molecule has 2 atom stereocenters. The second-order valence-electron chi connectivity index (χ2n) is 6.84. The summed E-state index contributed by atoms with van der Waals surface area (Å²) < 4.78 is 10.4. The highest BCUT2D eigenvalue weighted by Crippen LogP contribution is 2.21. The Bertz CT molecular complexity index is 335. The minimum atomic E-state index is -0.0547. The third-order valence-electron chi connectivity index (χ3n) is 4.61. The summed E-state index contributed by atoms with van der Waals surface area (Å²) in [5.41, 5.74) is 0. The summed E-state index contributed by atoms with van der Waals surface area (Å²) in [4.78, 5) is 22.4. The molecule has 0 N–H and O–H groups in total. The maximum absolute atomic E-state index is 11.4. The summed E-state index contributed by atoms with van der Waals surface area (Å²) in [5, 5.41) is 0. The van der Waals surface area contributed by atoms with Crippen LogP contribution in [-0.2, 0) is 19.1 Å². The van der Waals surface area contributed by atoms with Crippen LogP contribution in [-0.4, -0.2) is 24.6 Å². The molecule has 4 heteroatoms. The normalized spacial score (nSPS) is 17.2. The molecular weight excluding hydrogens is 304 g/mol. The van der Waals surface area contributed by atoms with Crippen molar-refractivity contribution < 1.29 is 19.1 Å². The SMILES string of the molecule is CCC(C)C(=O)OC1CCCCC1.CCCCOC(=O)C(C)CC. The Kier molecular flexibility index (Phi) is 13.7. The van der Waals surface area contributed by atoms with E-state index in [4.69, 9.17) is 9.47 Å². The maximum atomic E-state index is 11.4. The first-order chi connectivity index (χ1) is 11.5. The average molecular weight is 343 g/mol. The van der Waals surface area contributed by atoms with Gasteiger partial charge in [0.05, 0.1) is 18.4 Å². The maximum Gasteiger partial charge on any atom is 0.308 e. The van der Waals surface area contributed by atoms with Crippen LogP contribution in [0.3, 0.4) is 0 Å². The van der Waals surface area contributed by atoms with Crippen LogP contribution in [0.5, 0.6) is 0 Å². The lowest BCUT2D eigenvalue weighted by molar-refractivity contribution is -0.155. The van der Waals surface area contributed by atoms with Crippen molar-refractivity contribution in [1.82, 2.24) is 0 Å². The summed E-state index contributed by atoms with van der Waals surface area (Å²) in [5.74, 6) is 0.0733. The van der Waals surface area contributed by atoms with Crippen LogP contribution < -0.4 is 0 Å². The fourth-order valence-corrected chi connectivity index (χ4v) is 2.26. The molecular formula is C20H38O4. The summed E-state index contributed by atoms with van der Waals surface area (Å²) in [6.45, 7) is 10.5. The van der Waals surface area contributed by atoms with E-state index in [0.29, 0.717) is 6.61 Å². The molecule has 2 unspecified atom stereocenters. The van der Waals surface area contributed by atoms with Gasteiger partial charge in [-0.05, 0) is 44.9 Å². The van der Waals surface area contributed by atoms with Crippen LogP contribution >= 0.6 is 0 Å². The van der Waals surface area contributed by atoms with Crippen molar-refractivity contribution in [2.75, 3.05) is 6.61 Å². The van der Waals surface area contributed by atoms with Crippen molar-refractivity contribution in [3.05, 3.63) is 0 Å². The van der Waals surface area contributed by atoms with E-state index in [1.807, 2.05) is 27.7 Å². The highest BCUT2D eigenvalue weighted by atomic mass is 16.5. The number of carbonyl (C=O) groups excluding carboxylic acids is 2. The van der Waals surface area contributed by atoms with E-state index in [1.54, 1.807) is 0 Å². The van der Waals surface area contributed by atoms with Crippen LogP contribution in [0.4, 0.5) is 0 Å². The summed E-state index contributed by atoms with van der Waals surface area (Å²) in [6, 6.07) is 0. The highest BCUT2D eigenvalue weighted by Gasteiger charge is 2.20. The Morgan fingerprint density at radius 2 is 1.46 bits per heavy atom. The monoisotopic (exact) mass is 342 g/mol. The molecule has 0 bridgehead atoms. The van der Waals surface area contributed by atoms with Gasteiger partial charge in [0.1, 0.15) is 6.10 Å². The summed E-state index contributed by atoms with van der Waals surface area (Å²) in [6.07, 6.45) is 9.90. The van der Waals surface area contributed by atoms with Gasteiger partial charge in [0, 0.05) is 0 Å². The van der Waals surface area contributed by atoms with Gasteiger partial charge in [0.25, 0.3) is 0 Å². The Hall–Kier alpha value is -1.06. The van der Waals surface area contributed by atoms with Crippen molar-refractivity contribution in [2.45, 2.75) is 98.5 Å². The Balaban J connectivity index is 0.000000449. The zero-order valence-electron chi connectivity index (χ0n) is 16.4. The molecule has 0 radical (unpaired) electrons. The molecule has 0 amide bonds. The first-order valence-corrected chi connectivity index (χ1v) is 9.83. The lowest BCUT2D eigenvalue weighted by Gasteiger charge is -2.23. The Morgan fingerprint density at radius 3 is 1.96 bits per heavy atom. The molecule has 1 saturated carbocycles. The van der Waals surface area contributed by atoms with Crippen LogP contribution in [0.1, 0.15) is 92.4 Å². The predicted molar refractivity (Wildman–Crippen MR) is 97.7 cm³/mol. The lowest BCUT2D eigenvalue weighted by atomic mass is 9.97. The molecule has 24 heavy (non-hydrogen) atoms. The van der Waals surface area contributed by atoms with Crippen molar-refractivity contribution in [3.63, 3.8) is 0 Å². The van der Waals surface area contributed by atoms with E-state index in [9.17, 15) is 9.59 Å². The van der Waals surface area contributed by atoms with Crippen LogP contribution in [0.25, 0.3) is 0 Å². The van der Waals surface area contributed by atoms with Gasteiger partial charge in [-0.15, -0.1) is 0 Å². The third kappa shape index (κ3) is 10.7. The molecule has 0 aromatic rings. The quantitative estimate of drug-likeness (QED) is 0.444. The summed E-state index contributed by atoms with van der Waals surface area (Å²) in [7, 11) is 0. The zero-order chi connectivity index (χ0) is 18.4. The minimum absolute atomic E-state index is 0.00519. The van der Waals surface area contributed by atoms with Gasteiger partial charge < -0.3 is 9.47 Å². The molecule has 1 rings (SSSR count).